The lowest BCUT2D eigenvalue weighted by Crippen LogP contribution is -2.47. The third kappa shape index (κ3) is 4.22. The minimum atomic E-state index is -0.995. The lowest BCUT2D eigenvalue weighted by Gasteiger charge is -2.29. The zero-order valence-electron chi connectivity index (χ0n) is 10.1. The van der Waals surface area contributed by atoms with Gasteiger partial charge in [-0.1, -0.05) is 6.92 Å². The van der Waals surface area contributed by atoms with Crippen LogP contribution in [0.3, 0.4) is 0 Å². The highest BCUT2D eigenvalue weighted by Gasteiger charge is 2.35. The summed E-state index contributed by atoms with van der Waals surface area (Å²) in [6.45, 7) is 2.39. The summed E-state index contributed by atoms with van der Waals surface area (Å²) < 4.78 is 0. The largest absolute Gasteiger partial charge is 0.480 e. The normalized spacial score (nSPS) is 14.5. The lowest BCUT2D eigenvalue weighted by molar-refractivity contribution is -0.137. The Morgan fingerprint density at radius 3 is 2.35 bits per heavy atom. The van der Waals surface area contributed by atoms with Crippen molar-refractivity contribution in [3.63, 3.8) is 0 Å². The smallest absolute Gasteiger partial charge is 0.323 e. The summed E-state index contributed by atoms with van der Waals surface area (Å²) >= 11 is 0. The van der Waals surface area contributed by atoms with Gasteiger partial charge >= 0.3 is 12.0 Å². The van der Waals surface area contributed by atoms with Crippen LogP contribution >= 0.6 is 0 Å². The van der Waals surface area contributed by atoms with Crippen molar-refractivity contribution >= 4 is 12.0 Å². The van der Waals surface area contributed by atoms with E-state index in [4.69, 9.17) is 10.2 Å². The highest BCUT2D eigenvalue weighted by molar-refractivity contribution is 5.80. The van der Waals surface area contributed by atoms with Crippen molar-refractivity contribution in [3.05, 3.63) is 0 Å². The summed E-state index contributed by atoms with van der Waals surface area (Å²) in [5.41, 5.74) is 0. The van der Waals surface area contributed by atoms with E-state index in [1.807, 2.05) is 6.92 Å². The van der Waals surface area contributed by atoms with E-state index >= 15 is 0 Å². The molecule has 6 nitrogen and oxygen atoms in total. The van der Waals surface area contributed by atoms with Crippen LogP contribution in [-0.4, -0.2) is 64.3 Å². The average Bonchev–Trinajstić information content (AvgIpc) is 3.08. The van der Waals surface area contributed by atoms with E-state index in [9.17, 15) is 9.59 Å². The first-order chi connectivity index (χ1) is 8.10. The third-order valence-electron chi connectivity index (χ3n) is 2.67. The number of urea groups is 1. The maximum atomic E-state index is 12.1. The van der Waals surface area contributed by atoms with E-state index in [-0.39, 0.29) is 31.8 Å². The molecule has 1 saturated carbocycles. The van der Waals surface area contributed by atoms with Crippen molar-refractivity contribution < 1.29 is 19.8 Å². The number of aliphatic carboxylic acids is 1. The third-order valence-corrected chi connectivity index (χ3v) is 2.67. The number of aliphatic hydroxyl groups excluding tert-OH is 1. The molecule has 0 saturated heterocycles. The molecule has 0 heterocycles. The Balaban J connectivity index is 2.63. The van der Waals surface area contributed by atoms with Crippen LogP contribution in [-0.2, 0) is 4.79 Å². The van der Waals surface area contributed by atoms with Crippen LogP contribution in [0.5, 0.6) is 0 Å². The molecule has 0 aromatic heterocycles. The zero-order valence-corrected chi connectivity index (χ0v) is 10.1. The first-order valence-electron chi connectivity index (χ1n) is 5.98. The molecule has 98 valence electrons. The zero-order chi connectivity index (χ0) is 12.8. The summed E-state index contributed by atoms with van der Waals surface area (Å²) in [4.78, 5) is 25.8. The van der Waals surface area contributed by atoms with Crippen LogP contribution in [0.4, 0.5) is 4.79 Å². The summed E-state index contributed by atoms with van der Waals surface area (Å²) in [5.74, 6) is -0.995. The van der Waals surface area contributed by atoms with E-state index in [0.717, 1.165) is 19.3 Å². The topological polar surface area (TPSA) is 81.1 Å². The van der Waals surface area contributed by atoms with E-state index < -0.39 is 5.97 Å². The van der Waals surface area contributed by atoms with Crippen molar-refractivity contribution in [2.24, 2.45) is 0 Å². The van der Waals surface area contributed by atoms with Crippen LogP contribution < -0.4 is 0 Å². The maximum absolute atomic E-state index is 12.1. The number of nitrogens with zero attached hydrogens (tertiary/aromatic N) is 2. The quantitative estimate of drug-likeness (QED) is 0.677. The SMILES string of the molecule is CCCN(CCO)C(=O)N(CC(=O)O)C1CC1. The summed E-state index contributed by atoms with van der Waals surface area (Å²) in [5, 5.41) is 17.7. The predicted molar refractivity (Wildman–Crippen MR) is 61.7 cm³/mol. The number of amides is 2. The average molecular weight is 244 g/mol. The molecule has 1 aliphatic carbocycles. The van der Waals surface area contributed by atoms with Crippen molar-refractivity contribution in [1.29, 1.82) is 0 Å². The lowest BCUT2D eigenvalue weighted by atomic mass is 10.4. The maximum Gasteiger partial charge on any atom is 0.323 e. The first kappa shape index (κ1) is 13.8. The van der Waals surface area contributed by atoms with Gasteiger partial charge in [-0.05, 0) is 19.3 Å². The molecule has 1 rings (SSSR count). The highest BCUT2D eigenvalue weighted by atomic mass is 16.4. The summed E-state index contributed by atoms with van der Waals surface area (Å²) in [6.07, 6.45) is 2.54. The van der Waals surface area contributed by atoms with E-state index in [2.05, 4.69) is 0 Å². The summed E-state index contributed by atoms with van der Waals surface area (Å²) in [7, 11) is 0. The fourth-order valence-corrected chi connectivity index (χ4v) is 1.76. The Bertz CT molecular complexity index is 273. The van der Waals surface area contributed by atoms with Gasteiger partial charge in [0, 0.05) is 19.1 Å². The standard InChI is InChI=1S/C11H20N2O4/c1-2-5-12(6-7-14)11(17)13(8-10(15)16)9-3-4-9/h9,14H,2-8H2,1H3,(H,15,16). The second-order valence-corrected chi connectivity index (χ2v) is 4.25. The molecule has 0 spiro atoms. The molecule has 2 N–H and O–H groups in total. The number of hydrogen-bond acceptors (Lipinski definition) is 3. The van der Waals surface area contributed by atoms with Crippen LogP contribution in [0, 0.1) is 0 Å². The molecule has 0 aliphatic heterocycles. The summed E-state index contributed by atoms with van der Waals surface area (Å²) in [6, 6.07) is -0.206. The monoisotopic (exact) mass is 244 g/mol. The van der Waals surface area contributed by atoms with E-state index in [0.29, 0.717) is 6.54 Å². The van der Waals surface area contributed by atoms with Gasteiger partial charge in [0.1, 0.15) is 6.54 Å². The fourth-order valence-electron chi connectivity index (χ4n) is 1.76. The molecule has 0 atom stereocenters. The van der Waals surface area contributed by atoms with Gasteiger partial charge in [0.05, 0.1) is 6.61 Å². The second kappa shape index (κ2) is 6.44. The Kier molecular flexibility index (Phi) is 5.21. The molecule has 0 bridgehead atoms. The number of carboxylic acid groups (broad SMARTS) is 1. The number of carbonyl (C=O) groups is 2. The first-order valence-corrected chi connectivity index (χ1v) is 5.98. The molecule has 0 aromatic rings. The van der Waals surface area contributed by atoms with Crippen molar-refractivity contribution in [1.82, 2.24) is 9.80 Å². The minimum Gasteiger partial charge on any atom is -0.480 e. The van der Waals surface area contributed by atoms with Gasteiger partial charge in [-0.25, -0.2) is 4.79 Å². The van der Waals surface area contributed by atoms with Crippen molar-refractivity contribution in [2.75, 3.05) is 26.2 Å². The van der Waals surface area contributed by atoms with Gasteiger partial charge in [0.25, 0.3) is 0 Å². The van der Waals surface area contributed by atoms with Crippen LogP contribution in [0.25, 0.3) is 0 Å². The molecule has 17 heavy (non-hydrogen) atoms. The predicted octanol–water partition coefficient (Wildman–Crippen LogP) is 0.360. The molecule has 0 unspecified atom stereocenters. The Labute approximate surface area is 101 Å². The van der Waals surface area contributed by atoms with Gasteiger partial charge in [0.15, 0.2) is 0 Å². The molecule has 2 amide bonds. The van der Waals surface area contributed by atoms with Gasteiger partial charge in [0.2, 0.25) is 0 Å². The molecular formula is C11H20N2O4. The number of hydrogen-bond donors (Lipinski definition) is 2. The highest BCUT2D eigenvalue weighted by Crippen LogP contribution is 2.27. The number of carbonyl (C=O) groups excluding carboxylic acids is 1. The van der Waals surface area contributed by atoms with Crippen LogP contribution in [0.1, 0.15) is 26.2 Å². The molecule has 0 radical (unpaired) electrons. The van der Waals surface area contributed by atoms with Gasteiger partial charge in [-0.2, -0.15) is 0 Å². The fraction of sp³-hybridized carbons (Fsp3) is 0.818. The Morgan fingerprint density at radius 2 is 1.94 bits per heavy atom. The number of aliphatic hydroxyl groups is 1. The van der Waals surface area contributed by atoms with Gasteiger partial charge in [-0.3, -0.25) is 4.79 Å². The van der Waals surface area contributed by atoms with E-state index in [1.165, 1.54) is 9.80 Å². The molecular weight excluding hydrogens is 224 g/mol. The van der Waals surface area contributed by atoms with Crippen molar-refractivity contribution in [2.45, 2.75) is 32.2 Å². The molecule has 6 heteroatoms. The number of rotatable bonds is 7. The van der Waals surface area contributed by atoms with Gasteiger partial charge in [-0.15, -0.1) is 0 Å². The molecule has 0 aromatic carbocycles. The molecule has 1 fully saturated rings. The number of carboxylic acids is 1. The van der Waals surface area contributed by atoms with Crippen LogP contribution in [0.15, 0.2) is 0 Å². The van der Waals surface area contributed by atoms with Crippen molar-refractivity contribution in [3.8, 4) is 0 Å². The minimum absolute atomic E-state index is 0.0663. The second-order valence-electron chi connectivity index (χ2n) is 4.25. The van der Waals surface area contributed by atoms with Crippen LogP contribution in [0.2, 0.25) is 0 Å². The Hall–Kier alpha value is -1.30. The van der Waals surface area contributed by atoms with Gasteiger partial charge < -0.3 is 20.0 Å². The Morgan fingerprint density at radius 1 is 1.29 bits per heavy atom. The van der Waals surface area contributed by atoms with E-state index in [1.54, 1.807) is 0 Å². The molecule has 1 aliphatic rings.